The molecule has 0 bridgehead atoms. The molecule has 0 unspecified atom stereocenters. The maximum Gasteiger partial charge on any atom is 0.252 e. The van der Waals surface area contributed by atoms with E-state index in [0.29, 0.717) is 16.6 Å². The van der Waals surface area contributed by atoms with E-state index < -0.39 is 0 Å². The van der Waals surface area contributed by atoms with Crippen LogP contribution in [-0.2, 0) is 0 Å². The highest BCUT2D eigenvalue weighted by molar-refractivity contribution is 6.31. The number of hydrogen-bond donors (Lipinski definition) is 1. The van der Waals surface area contributed by atoms with Gasteiger partial charge in [-0.3, -0.25) is 0 Å². The fraction of sp³-hybridized carbons (Fsp3) is 0.143. The third-order valence-corrected chi connectivity index (χ3v) is 1.41. The first kappa shape index (κ1) is 10.9. The lowest BCUT2D eigenvalue weighted by Crippen LogP contribution is -1.92. The number of ether oxygens (including phenoxy) is 1. The maximum atomic E-state index is 5.73. The van der Waals surface area contributed by atoms with Crippen LogP contribution in [-0.4, -0.2) is 17.3 Å². The van der Waals surface area contributed by atoms with E-state index in [1.807, 2.05) is 0 Å². The van der Waals surface area contributed by atoms with E-state index in [9.17, 15) is 0 Å². The monoisotopic (exact) mass is 187 g/mol. The molecule has 0 aromatic carbocycles. The molecule has 0 aliphatic carbocycles. The van der Waals surface area contributed by atoms with Crippen molar-refractivity contribution < 1.29 is 4.74 Å². The van der Waals surface area contributed by atoms with Gasteiger partial charge in [0, 0.05) is 0 Å². The lowest BCUT2D eigenvalue weighted by Gasteiger charge is -1.99. The van der Waals surface area contributed by atoms with Crippen LogP contribution >= 0.6 is 11.6 Å². The van der Waals surface area contributed by atoms with Crippen molar-refractivity contribution in [3.05, 3.63) is 23.4 Å². The number of aromatic nitrogens is 2. The third kappa shape index (κ3) is 2.18. The number of halogens is 1. The summed E-state index contributed by atoms with van der Waals surface area (Å²) in [7, 11) is 1.49. The zero-order valence-corrected chi connectivity index (χ0v) is 7.51. The van der Waals surface area contributed by atoms with Crippen LogP contribution in [0.2, 0.25) is 5.02 Å². The van der Waals surface area contributed by atoms with Gasteiger partial charge in [0.25, 0.3) is 5.88 Å². The summed E-state index contributed by atoms with van der Waals surface area (Å²) in [4.78, 5) is 0. The first-order valence-electron chi connectivity index (χ1n) is 2.97. The minimum atomic E-state index is 0. The highest BCUT2D eigenvalue weighted by Gasteiger charge is 2.01. The van der Waals surface area contributed by atoms with Gasteiger partial charge >= 0.3 is 0 Å². The van der Waals surface area contributed by atoms with E-state index >= 15 is 0 Å². The Morgan fingerprint density at radius 3 is 2.67 bits per heavy atom. The Balaban J connectivity index is 0.00000121. The fourth-order valence-corrected chi connectivity index (χ4v) is 0.836. The average Bonchev–Trinajstić information content (AvgIpc) is 2.04. The molecule has 0 spiro atoms. The summed E-state index contributed by atoms with van der Waals surface area (Å²) in [5, 5.41) is 7.89. The number of hydrogen-bond acceptors (Lipinski definition) is 4. The van der Waals surface area contributed by atoms with Crippen LogP contribution in [0.4, 0.5) is 0 Å². The minimum Gasteiger partial charge on any atom is -0.479 e. The zero-order chi connectivity index (χ0) is 8.27. The average molecular weight is 188 g/mol. The Labute approximate surface area is 75.8 Å². The van der Waals surface area contributed by atoms with Gasteiger partial charge in [-0.2, -0.15) is 0 Å². The van der Waals surface area contributed by atoms with Crippen molar-refractivity contribution in [2.45, 2.75) is 0 Å². The summed E-state index contributed by atoms with van der Waals surface area (Å²) in [6, 6.07) is 1.64. The van der Waals surface area contributed by atoms with E-state index in [4.69, 9.17) is 16.3 Å². The molecule has 1 heterocycles. The zero-order valence-electron chi connectivity index (χ0n) is 6.75. The molecular formula is C7H10ClN3O. The lowest BCUT2D eigenvalue weighted by atomic mass is 10.4. The first-order chi connectivity index (χ1) is 5.27. The molecule has 12 heavy (non-hydrogen) atoms. The minimum absolute atomic E-state index is 0. The standard InChI is InChI=1S/C7H7ClN2O.H3N/c1-3-5-4-6(8)7(11-2)10-9-5;/h3-4H,1H2,2H3;1H3. The second-order valence-electron chi connectivity index (χ2n) is 1.83. The molecule has 1 aromatic heterocycles. The summed E-state index contributed by atoms with van der Waals surface area (Å²) in [6.07, 6.45) is 1.57. The molecular weight excluding hydrogens is 178 g/mol. The van der Waals surface area contributed by atoms with Crippen molar-refractivity contribution in [1.29, 1.82) is 0 Å². The predicted octanol–water partition coefficient (Wildman–Crippen LogP) is 1.94. The summed E-state index contributed by atoms with van der Waals surface area (Å²) in [5.41, 5.74) is 0.635. The second-order valence-corrected chi connectivity index (χ2v) is 2.24. The molecule has 1 rings (SSSR count). The van der Waals surface area contributed by atoms with Crippen molar-refractivity contribution in [3.8, 4) is 5.88 Å². The number of rotatable bonds is 2. The molecule has 0 saturated heterocycles. The topological polar surface area (TPSA) is 70.0 Å². The van der Waals surface area contributed by atoms with E-state index in [1.165, 1.54) is 7.11 Å². The Morgan fingerprint density at radius 2 is 2.25 bits per heavy atom. The van der Waals surface area contributed by atoms with Gasteiger partial charge in [0.05, 0.1) is 12.8 Å². The molecule has 0 amide bonds. The fourth-order valence-electron chi connectivity index (χ4n) is 0.609. The van der Waals surface area contributed by atoms with Crippen molar-refractivity contribution in [3.63, 3.8) is 0 Å². The van der Waals surface area contributed by atoms with Gasteiger partial charge in [0.2, 0.25) is 0 Å². The summed E-state index contributed by atoms with van der Waals surface area (Å²) in [6.45, 7) is 3.53. The molecule has 0 saturated carbocycles. The Kier molecular flexibility index (Phi) is 4.25. The van der Waals surface area contributed by atoms with E-state index in [1.54, 1.807) is 12.1 Å². The highest BCUT2D eigenvalue weighted by Crippen LogP contribution is 2.20. The Hall–Kier alpha value is -1.13. The van der Waals surface area contributed by atoms with Crippen molar-refractivity contribution >= 4 is 17.7 Å². The molecule has 3 N–H and O–H groups in total. The summed E-state index contributed by atoms with van der Waals surface area (Å²) < 4.78 is 4.80. The summed E-state index contributed by atoms with van der Waals surface area (Å²) >= 11 is 5.73. The largest absolute Gasteiger partial charge is 0.479 e. The normalized spacial score (nSPS) is 8.50. The molecule has 5 heteroatoms. The van der Waals surface area contributed by atoms with Gasteiger partial charge in [0.15, 0.2) is 0 Å². The first-order valence-corrected chi connectivity index (χ1v) is 3.35. The van der Waals surface area contributed by atoms with Gasteiger partial charge in [0.1, 0.15) is 5.02 Å². The molecule has 0 aliphatic rings. The van der Waals surface area contributed by atoms with Gasteiger partial charge < -0.3 is 10.9 Å². The highest BCUT2D eigenvalue weighted by atomic mass is 35.5. The van der Waals surface area contributed by atoms with E-state index in [0.717, 1.165) is 0 Å². The number of nitrogens with zero attached hydrogens (tertiary/aromatic N) is 2. The molecule has 4 nitrogen and oxygen atoms in total. The second kappa shape index (κ2) is 4.69. The molecule has 1 aromatic rings. The smallest absolute Gasteiger partial charge is 0.252 e. The number of methoxy groups -OCH3 is 1. The van der Waals surface area contributed by atoms with Crippen molar-refractivity contribution in [1.82, 2.24) is 16.3 Å². The van der Waals surface area contributed by atoms with Crippen LogP contribution in [0, 0.1) is 0 Å². The molecule has 0 radical (unpaired) electrons. The summed E-state index contributed by atoms with van der Waals surface area (Å²) in [5.74, 6) is 0.331. The quantitative estimate of drug-likeness (QED) is 0.768. The van der Waals surface area contributed by atoms with Crippen LogP contribution in [0.5, 0.6) is 5.88 Å². The van der Waals surface area contributed by atoms with Gasteiger partial charge in [-0.1, -0.05) is 18.2 Å². The Morgan fingerprint density at radius 1 is 1.58 bits per heavy atom. The SMILES string of the molecule is C=Cc1cc(Cl)c(OC)nn1.N. The van der Waals surface area contributed by atoms with Gasteiger partial charge in [-0.25, -0.2) is 0 Å². The van der Waals surface area contributed by atoms with Crippen LogP contribution < -0.4 is 10.9 Å². The molecule has 0 atom stereocenters. The molecule has 66 valence electrons. The van der Waals surface area contributed by atoms with Crippen LogP contribution in [0.25, 0.3) is 6.08 Å². The van der Waals surface area contributed by atoms with E-state index in [-0.39, 0.29) is 6.15 Å². The van der Waals surface area contributed by atoms with Crippen molar-refractivity contribution in [2.75, 3.05) is 7.11 Å². The molecule has 0 aliphatic heterocycles. The lowest BCUT2D eigenvalue weighted by molar-refractivity contribution is 0.392. The van der Waals surface area contributed by atoms with Crippen LogP contribution in [0.15, 0.2) is 12.6 Å². The van der Waals surface area contributed by atoms with Gasteiger partial charge in [-0.05, 0) is 12.1 Å². The van der Waals surface area contributed by atoms with Crippen molar-refractivity contribution in [2.24, 2.45) is 0 Å². The van der Waals surface area contributed by atoms with Crippen LogP contribution in [0.3, 0.4) is 0 Å². The third-order valence-electron chi connectivity index (χ3n) is 1.14. The Bertz CT molecular complexity index is 277. The molecule has 0 fully saturated rings. The predicted molar refractivity (Wildman–Crippen MR) is 48.7 cm³/mol. The van der Waals surface area contributed by atoms with E-state index in [2.05, 4.69) is 16.8 Å². The maximum absolute atomic E-state index is 5.73. The van der Waals surface area contributed by atoms with Gasteiger partial charge in [-0.15, -0.1) is 10.2 Å². The van der Waals surface area contributed by atoms with Crippen LogP contribution in [0.1, 0.15) is 5.69 Å².